The van der Waals surface area contributed by atoms with Gasteiger partial charge in [0.2, 0.25) is 0 Å². The van der Waals surface area contributed by atoms with Gasteiger partial charge in [0.05, 0.1) is 17.1 Å². The predicted molar refractivity (Wildman–Crippen MR) is 76.5 cm³/mol. The van der Waals surface area contributed by atoms with E-state index in [4.69, 9.17) is 5.84 Å². The summed E-state index contributed by atoms with van der Waals surface area (Å²) in [5.41, 5.74) is 4.74. The second-order valence-electron chi connectivity index (χ2n) is 4.79. The molecule has 3 N–H and O–H groups in total. The van der Waals surface area contributed by atoms with Gasteiger partial charge in [-0.15, -0.1) is 0 Å². The Labute approximate surface area is 118 Å². The van der Waals surface area contributed by atoms with Crippen molar-refractivity contribution >= 4 is 9.84 Å². The zero-order valence-corrected chi connectivity index (χ0v) is 12.3. The molecular formula is C13H18N4O2S. The molecule has 0 radical (unpaired) electrons. The van der Waals surface area contributed by atoms with E-state index in [2.05, 4.69) is 10.5 Å². The highest BCUT2D eigenvalue weighted by molar-refractivity contribution is 7.90. The van der Waals surface area contributed by atoms with E-state index in [9.17, 15) is 8.42 Å². The van der Waals surface area contributed by atoms with Crippen LogP contribution in [0.15, 0.2) is 41.6 Å². The first-order chi connectivity index (χ1) is 9.40. The van der Waals surface area contributed by atoms with Gasteiger partial charge in [0.25, 0.3) is 0 Å². The summed E-state index contributed by atoms with van der Waals surface area (Å²) in [4.78, 5) is 0.304. The second kappa shape index (κ2) is 5.74. The molecule has 0 saturated heterocycles. The topological polar surface area (TPSA) is 90.0 Å². The van der Waals surface area contributed by atoms with Crippen molar-refractivity contribution < 1.29 is 8.42 Å². The van der Waals surface area contributed by atoms with E-state index in [1.165, 1.54) is 6.26 Å². The number of hydrogen-bond donors (Lipinski definition) is 2. The summed E-state index contributed by atoms with van der Waals surface area (Å²) >= 11 is 0. The highest BCUT2D eigenvalue weighted by atomic mass is 32.2. The van der Waals surface area contributed by atoms with Gasteiger partial charge in [-0.05, 0) is 29.7 Å². The maximum atomic E-state index is 11.4. The van der Waals surface area contributed by atoms with Crippen LogP contribution < -0.4 is 11.3 Å². The molecule has 108 valence electrons. The lowest BCUT2D eigenvalue weighted by Crippen LogP contribution is -2.29. The summed E-state index contributed by atoms with van der Waals surface area (Å²) in [5.74, 6) is 5.59. The van der Waals surface area contributed by atoms with Crippen LogP contribution in [0.25, 0.3) is 0 Å². The molecule has 6 nitrogen and oxygen atoms in total. The molecule has 7 heteroatoms. The van der Waals surface area contributed by atoms with Crippen LogP contribution in [0, 0.1) is 0 Å². The van der Waals surface area contributed by atoms with Crippen molar-refractivity contribution in [2.24, 2.45) is 12.9 Å². The monoisotopic (exact) mass is 294 g/mol. The fraction of sp³-hybridized carbons (Fsp3) is 0.308. The van der Waals surface area contributed by atoms with E-state index in [1.807, 2.05) is 13.2 Å². The molecule has 0 spiro atoms. The Morgan fingerprint density at radius 1 is 1.35 bits per heavy atom. The van der Waals surface area contributed by atoms with Crippen LogP contribution in [-0.4, -0.2) is 24.5 Å². The summed E-state index contributed by atoms with van der Waals surface area (Å²) in [5, 5.41) is 4.11. The summed E-state index contributed by atoms with van der Waals surface area (Å²) in [6.45, 7) is 0. The van der Waals surface area contributed by atoms with Gasteiger partial charge >= 0.3 is 0 Å². The maximum absolute atomic E-state index is 11.4. The second-order valence-corrected chi connectivity index (χ2v) is 6.80. The molecule has 0 aliphatic heterocycles. The average molecular weight is 294 g/mol. The smallest absolute Gasteiger partial charge is 0.175 e. The zero-order valence-electron chi connectivity index (χ0n) is 11.4. The first kappa shape index (κ1) is 14.7. The van der Waals surface area contributed by atoms with Gasteiger partial charge < -0.3 is 0 Å². The molecular weight excluding hydrogens is 276 g/mol. The molecule has 0 saturated carbocycles. The van der Waals surface area contributed by atoms with Crippen molar-refractivity contribution in [3.05, 3.63) is 47.8 Å². The van der Waals surface area contributed by atoms with Crippen LogP contribution in [0.4, 0.5) is 0 Å². The van der Waals surface area contributed by atoms with Gasteiger partial charge in [-0.2, -0.15) is 5.10 Å². The lowest BCUT2D eigenvalue weighted by Gasteiger charge is -2.15. The van der Waals surface area contributed by atoms with E-state index in [1.54, 1.807) is 35.1 Å². The van der Waals surface area contributed by atoms with Gasteiger partial charge in [0.15, 0.2) is 9.84 Å². The Morgan fingerprint density at radius 3 is 2.45 bits per heavy atom. The summed E-state index contributed by atoms with van der Waals surface area (Å²) in [6, 6.07) is 6.65. The summed E-state index contributed by atoms with van der Waals surface area (Å²) in [6.07, 6.45) is 5.59. The molecule has 0 fully saturated rings. The molecule has 0 bridgehead atoms. The normalized spacial score (nSPS) is 13.3. The molecule has 1 aromatic heterocycles. The molecule has 0 amide bonds. The summed E-state index contributed by atoms with van der Waals surface area (Å²) < 4.78 is 24.6. The van der Waals surface area contributed by atoms with Crippen molar-refractivity contribution in [1.29, 1.82) is 0 Å². The van der Waals surface area contributed by atoms with Crippen molar-refractivity contribution in [2.75, 3.05) is 6.26 Å². The number of nitrogens with zero attached hydrogens (tertiary/aromatic N) is 2. The van der Waals surface area contributed by atoms with Gasteiger partial charge in [-0.25, -0.2) is 8.42 Å². The SMILES string of the molecule is Cn1cc(CC(NN)c2ccc(S(C)(=O)=O)cc2)cn1. The first-order valence-electron chi connectivity index (χ1n) is 6.14. The number of aromatic nitrogens is 2. The minimum atomic E-state index is -3.17. The van der Waals surface area contributed by atoms with Crippen molar-refractivity contribution in [3.63, 3.8) is 0 Å². The highest BCUT2D eigenvalue weighted by Gasteiger charge is 2.13. The standard InChI is InChI=1S/C13H18N4O2S/c1-17-9-10(8-15-17)7-13(16-14)11-3-5-12(6-4-11)20(2,18)19/h3-6,8-9,13,16H,7,14H2,1-2H3. The minimum Gasteiger partial charge on any atom is -0.276 e. The van der Waals surface area contributed by atoms with Gasteiger partial charge in [-0.1, -0.05) is 12.1 Å². The molecule has 1 aromatic carbocycles. The highest BCUT2D eigenvalue weighted by Crippen LogP contribution is 2.19. The van der Waals surface area contributed by atoms with Crippen molar-refractivity contribution in [2.45, 2.75) is 17.4 Å². The van der Waals surface area contributed by atoms with Crippen molar-refractivity contribution in [1.82, 2.24) is 15.2 Å². The van der Waals surface area contributed by atoms with E-state index in [0.29, 0.717) is 11.3 Å². The number of nitrogens with one attached hydrogen (secondary N) is 1. The van der Waals surface area contributed by atoms with E-state index in [-0.39, 0.29) is 6.04 Å². The third-order valence-electron chi connectivity index (χ3n) is 3.11. The van der Waals surface area contributed by atoms with Gasteiger partial charge in [-0.3, -0.25) is 16.0 Å². The molecule has 1 atom stereocenters. The fourth-order valence-electron chi connectivity index (χ4n) is 2.03. The Bertz CT molecular complexity index is 677. The van der Waals surface area contributed by atoms with Gasteiger partial charge in [0, 0.05) is 19.5 Å². The number of sulfone groups is 1. The lowest BCUT2D eigenvalue weighted by molar-refractivity contribution is 0.551. The minimum absolute atomic E-state index is 0.0900. The number of aryl methyl sites for hydroxylation is 1. The molecule has 0 aliphatic rings. The molecule has 2 rings (SSSR count). The molecule has 2 aromatic rings. The molecule has 1 heterocycles. The number of nitrogens with two attached hydrogens (primary N) is 1. The van der Waals surface area contributed by atoms with E-state index in [0.717, 1.165) is 11.1 Å². The maximum Gasteiger partial charge on any atom is 0.175 e. The first-order valence-corrected chi connectivity index (χ1v) is 8.03. The lowest BCUT2D eigenvalue weighted by atomic mass is 10.0. The van der Waals surface area contributed by atoms with Crippen LogP contribution in [0.2, 0.25) is 0 Å². The molecule has 0 aliphatic carbocycles. The summed E-state index contributed by atoms with van der Waals surface area (Å²) in [7, 11) is -1.32. The number of hydrogen-bond acceptors (Lipinski definition) is 5. The third kappa shape index (κ3) is 3.44. The van der Waals surface area contributed by atoms with Crippen LogP contribution in [0.1, 0.15) is 17.2 Å². The van der Waals surface area contributed by atoms with Crippen LogP contribution in [-0.2, 0) is 23.3 Å². The van der Waals surface area contributed by atoms with Crippen molar-refractivity contribution in [3.8, 4) is 0 Å². The van der Waals surface area contributed by atoms with Crippen LogP contribution in [0.5, 0.6) is 0 Å². The van der Waals surface area contributed by atoms with E-state index < -0.39 is 9.84 Å². The average Bonchev–Trinajstić information content (AvgIpc) is 2.81. The molecule has 20 heavy (non-hydrogen) atoms. The van der Waals surface area contributed by atoms with Crippen LogP contribution >= 0.6 is 0 Å². The number of hydrazine groups is 1. The van der Waals surface area contributed by atoms with Crippen LogP contribution in [0.3, 0.4) is 0 Å². The largest absolute Gasteiger partial charge is 0.276 e. The van der Waals surface area contributed by atoms with Gasteiger partial charge in [0.1, 0.15) is 0 Å². The Balaban J connectivity index is 2.19. The Morgan fingerprint density at radius 2 is 2.00 bits per heavy atom. The number of benzene rings is 1. The predicted octanol–water partition coefficient (Wildman–Crippen LogP) is 0.571. The number of rotatable bonds is 5. The fourth-order valence-corrected chi connectivity index (χ4v) is 2.66. The van der Waals surface area contributed by atoms with E-state index >= 15 is 0 Å². The molecule has 1 unspecified atom stereocenters. The zero-order chi connectivity index (χ0) is 14.8. The quantitative estimate of drug-likeness (QED) is 0.621. The Kier molecular flexibility index (Phi) is 4.22. The third-order valence-corrected chi connectivity index (χ3v) is 4.24. The Hall–Kier alpha value is -1.70.